The summed E-state index contributed by atoms with van der Waals surface area (Å²) in [4.78, 5) is 9.16. The fourth-order valence-electron chi connectivity index (χ4n) is 3.99. The molecule has 3 rings (SSSR count). The lowest BCUT2D eigenvalue weighted by molar-refractivity contribution is 0.595. The zero-order valence-electron chi connectivity index (χ0n) is 18.5. The van der Waals surface area contributed by atoms with Crippen LogP contribution < -0.4 is 5.73 Å². The number of hydrogen-bond donors (Lipinski definition) is 1. The molecule has 0 saturated carbocycles. The average molecular weight is 416 g/mol. The lowest BCUT2D eigenvalue weighted by atomic mass is 9.89. The van der Waals surface area contributed by atoms with E-state index in [0.29, 0.717) is 0 Å². The molecule has 0 aliphatic heterocycles. The summed E-state index contributed by atoms with van der Waals surface area (Å²) in [6, 6.07) is 14.8. The maximum atomic E-state index is 13.5. The molecule has 0 radical (unpaired) electrons. The molecule has 1 heterocycles. The van der Waals surface area contributed by atoms with Gasteiger partial charge in [0.15, 0.2) is 0 Å². The highest BCUT2D eigenvalue weighted by Crippen LogP contribution is 2.32. The highest BCUT2D eigenvalue weighted by molar-refractivity contribution is 5.87. The number of pyridine rings is 1. The molecule has 0 saturated heterocycles. The number of hydrogen-bond acceptors (Lipinski definition) is 3. The van der Waals surface area contributed by atoms with Gasteiger partial charge in [-0.3, -0.25) is 9.98 Å². The third kappa shape index (κ3) is 5.26. The van der Waals surface area contributed by atoms with E-state index in [1.807, 2.05) is 12.1 Å². The summed E-state index contributed by atoms with van der Waals surface area (Å²) in [6.45, 7) is 8.24. The first-order valence-corrected chi connectivity index (χ1v) is 10.7. The van der Waals surface area contributed by atoms with Crippen molar-refractivity contribution in [3.8, 4) is 11.3 Å². The SMILES string of the molecule is C=Cc1c(C)cc(C(CCC)Cc2ccc(N)c(C=NC)c2)nc1-c1ccc(F)cc1. The molecule has 1 unspecified atom stereocenters. The van der Waals surface area contributed by atoms with Crippen molar-refractivity contribution in [3.05, 3.63) is 88.9 Å². The van der Waals surface area contributed by atoms with Gasteiger partial charge in [0.25, 0.3) is 0 Å². The molecule has 3 nitrogen and oxygen atoms in total. The molecule has 0 aliphatic rings. The van der Waals surface area contributed by atoms with Crippen LogP contribution in [-0.2, 0) is 6.42 Å². The van der Waals surface area contributed by atoms with E-state index in [1.165, 1.54) is 17.7 Å². The van der Waals surface area contributed by atoms with Gasteiger partial charge in [-0.15, -0.1) is 0 Å². The average Bonchev–Trinajstić information content (AvgIpc) is 2.76. The second kappa shape index (κ2) is 10.2. The zero-order valence-corrected chi connectivity index (χ0v) is 18.5. The normalized spacial score (nSPS) is 12.3. The molecular weight excluding hydrogens is 385 g/mol. The lowest BCUT2D eigenvalue weighted by Crippen LogP contribution is -2.08. The van der Waals surface area contributed by atoms with Gasteiger partial charge in [0.2, 0.25) is 0 Å². The molecule has 31 heavy (non-hydrogen) atoms. The Morgan fingerprint density at radius 1 is 1.16 bits per heavy atom. The third-order valence-electron chi connectivity index (χ3n) is 5.56. The van der Waals surface area contributed by atoms with E-state index >= 15 is 0 Å². The Balaban J connectivity index is 2.04. The molecule has 0 spiro atoms. The highest BCUT2D eigenvalue weighted by atomic mass is 19.1. The fraction of sp³-hybridized carbons (Fsp3) is 0.259. The lowest BCUT2D eigenvalue weighted by Gasteiger charge is -2.20. The molecule has 1 atom stereocenters. The number of halogens is 1. The maximum absolute atomic E-state index is 13.5. The Hall–Kier alpha value is -3.27. The number of aliphatic imine (C=N–C) groups is 1. The van der Waals surface area contributed by atoms with E-state index < -0.39 is 0 Å². The van der Waals surface area contributed by atoms with Crippen LogP contribution in [0.15, 0.2) is 60.1 Å². The topological polar surface area (TPSA) is 51.3 Å². The number of rotatable bonds is 8. The van der Waals surface area contributed by atoms with Crippen molar-refractivity contribution < 1.29 is 4.39 Å². The number of benzene rings is 2. The second-order valence-corrected chi connectivity index (χ2v) is 7.88. The van der Waals surface area contributed by atoms with E-state index in [-0.39, 0.29) is 11.7 Å². The van der Waals surface area contributed by atoms with Gasteiger partial charge < -0.3 is 5.73 Å². The number of anilines is 1. The van der Waals surface area contributed by atoms with E-state index in [9.17, 15) is 4.39 Å². The van der Waals surface area contributed by atoms with Gasteiger partial charge in [-0.05, 0) is 73.4 Å². The molecule has 0 aliphatic carbocycles. The van der Waals surface area contributed by atoms with Crippen LogP contribution in [0, 0.1) is 12.7 Å². The van der Waals surface area contributed by atoms with Crippen LogP contribution in [0.5, 0.6) is 0 Å². The van der Waals surface area contributed by atoms with E-state index in [4.69, 9.17) is 10.7 Å². The Morgan fingerprint density at radius 3 is 2.55 bits per heavy atom. The fourth-order valence-corrected chi connectivity index (χ4v) is 3.99. The Kier molecular flexibility index (Phi) is 7.35. The minimum Gasteiger partial charge on any atom is -0.398 e. The summed E-state index contributed by atoms with van der Waals surface area (Å²) in [7, 11) is 1.75. The van der Waals surface area contributed by atoms with Crippen LogP contribution in [0.4, 0.5) is 10.1 Å². The standard InChI is InChI=1S/C27H30FN3/c1-5-7-21(15-19-8-13-25(29)22(16-19)17-30-4)26-14-18(3)24(6-2)27(31-26)20-9-11-23(28)12-10-20/h6,8-14,16-17,21H,2,5,7,15,29H2,1,3-4H3. The highest BCUT2D eigenvalue weighted by Gasteiger charge is 2.18. The summed E-state index contributed by atoms with van der Waals surface area (Å²) in [5.74, 6) is 0.00668. The van der Waals surface area contributed by atoms with Crippen LogP contribution in [-0.4, -0.2) is 18.2 Å². The Labute approximate surface area is 184 Å². The maximum Gasteiger partial charge on any atom is 0.123 e. The third-order valence-corrected chi connectivity index (χ3v) is 5.56. The van der Waals surface area contributed by atoms with Crippen LogP contribution in [0.2, 0.25) is 0 Å². The second-order valence-electron chi connectivity index (χ2n) is 7.88. The minimum atomic E-state index is -0.254. The van der Waals surface area contributed by atoms with Crippen LogP contribution in [0.3, 0.4) is 0 Å². The van der Waals surface area contributed by atoms with Gasteiger partial charge in [-0.2, -0.15) is 0 Å². The number of aryl methyl sites for hydroxylation is 1. The zero-order chi connectivity index (χ0) is 22.4. The van der Waals surface area contributed by atoms with E-state index in [2.05, 4.69) is 43.6 Å². The molecule has 0 bridgehead atoms. The van der Waals surface area contributed by atoms with Crippen molar-refractivity contribution in [3.63, 3.8) is 0 Å². The number of nitrogens with zero attached hydrogens (tertiary/aromatic N) is 2. The van der Waals surface area contributed by atoms with Gasteiger partial charge >= 0.3 is 0 Å². The first-order chi connectivity index (χ1) is 15.0. The molecule has 0 fully saturated rings. The van der Waals surface area contributed by atoms with Gasteiger partial charge in [0.1, 0.15) is 5.82 Å². The summed E-state index contributed by atoms with van der Waals surface area (Å²) >= 11 is 0. The largest absolute Gasteiger partial charge is 0.398 e. The minimum absolute atomic E-state index is 0.254. The number of aromatic nitrogens is 1. The van der Waals surface area contributed by atoms with Gasteiger partial charge in [-0.1, -0.05) is 32.1 Å². The van der Waals surface area contributed by atoms with Crippen molar-refractivity contribution in [2.24, 2.45) is 4.99 Å². The molecular formula is C27H30FN3. The monoisotopic (exact) mass is 415 g/mol. The molecule has 0 amide bonds. The number of nitrogen functional groups attached to an aromatic ring is 1. The smallest absolute Gasteiger partial charge is 0.123 e. The molecule has 160 valence electrons. The first-order valence-electron chi connectivity index (χ1n) is 10.7. The Morgan fingerprint density at radius 2 is 1.90 bits per heavy atom. The molecule has 1 aromatic heterocycles. The molecule has 3 aromatic rings. The Bertz CT molecular complexity index is 1080. The predicted octanol–water partition coefficient (Wildman–Crippen LogP) is 6.60. The van der Waals surface area contributed by atoms with Crippen LogP contribution in [0.25, 0.3) is 17.3 Å². The van der Waals surface area contributed by atoms with Crippen molar-refractivity contribution in [2.45, 2.75) is 39.0 Å². The first kappa shape index (κ1) is 22.4. The van der Waals surface area contributed by atoms with Gasteiger partial charge in [-0.25, -0.2) is 4.39 Å². The van der Waals surface area contributed by atoms with Crippen molar-refractivity contribution in [1.29, 1.82) is 0 Å². The van der Waals surface area contributed by atoms with Gasteiger partial charge in [0, 0.05) is 47.3 Å². The summed E-state index contributed by atoms with van der Waals surface area (Å²) in [5.41, 5.74) is 13.9. The van der Waals surface area contributed by atoms with Crippen molar-refractivity contribution in [1.82, 2.24) is 4.98 Å². The molecule has 2 aromatic carbocycles. The van der Waals surface area contributed by atoms with E-state index in [0.717, 1.165) is 58.6 Å². The van der Waals surface area contributed by atoms with Gasteiger partial charge in [0.05, 0.1) is 5.69 Å². The van der Waals surface area contributed by atoms with Crippen molar-refractivity contribution in [2.75, 3.05) is 12.8 Å². The van der Waals surface area contributed by atoms with Crippen LogP contribution in [0.1, 0.15) is 53.6 Å². The summed E-state index contributed by atoms with van der Waals surface area (Å²) in [5, 5.41) is 0. The quantitative estimate of drug-likeness (QED) is 0.333. The van der Waals surface area contributed by atoms with E-state index in [1.54, 1.807) is 25.4 Å². The summed E-state index contributed by atoms with van der Waals surface area (Å²) < 4.78 is 13.5. The van der Waals surface area contributed by atoms with Crippen LogP contribution >= 0.6 is 0 Å². The molecule has 4 heteroatoms. The summed E-state index contributed by atoms with van der Waals surface area (Å²) in [6.07, 6.45) is 6.56. The number of nitrogens with two attached hydrogens (primary N) is 1. The molecule has 2 N–H and O–H groups in total. The van der Waals surface area contributed by atoms with Crippen molar-refractivity contribution >= 4 is 18.0 Å². The predicted molar refractivity (Wildman–Crippen MR) is 130 cm³/mol.